The Morgan fingerprint density at radius 2 is 2.04 bits per heavy atom. The van der Waals surface area contributed by atoms with Crippen LogP contribution >= 0.6 is 0 Å². The summed E-state index contributed by atoms with van der Waals surface area (Å²) in [6, 6.07) is 1.84. The molecule has 3 heterocycles. The number of rotatable bonds is 4. The molecule has 0 aromatic carbocycles. The van der Waals surface area contributed by atoms with Gasteiger partial charge in [-0.1, -0.05) is 0 Å². The van der Waals surface area contributed by atoms with E-state index >= 15 is 0 Å². The van der Waals surface area contributed by atoms with E-state index in [9.17, 15) is 4.79 Å². The summed E-state index contributed by atoms with van der Waals surface area (Å²) < 4.78 is 3.66. The minimum atomic E-state index is -0.0685. The standard InChI is InChI=1S/C16H20N6O/c1-11(2)22(10-13-17-7-9-20(13)4)15(23)14-12(3)19-16-18-6-5-8-21(14)16/h5-9,11H,10H2,1-4H3. The minimum Gasteiger partial charge on any atom is -0.337 e. The Hall–Kier alpha value is -2.70. The fraction of sp³-hybridized carbons (Fsp3) is 0.375. The van der Waals surface area contributed by atoms with Gasteiger partial charge in [0.2, 0.25) is 5.78 Å². The van der Waals surface area contributed by atoms with Gasteiger partial charge in [0, 0.05) is 37.9 Å². The van der Waals surface area contributed by atoms with Crippen LogP contribution < -0.4 is 0 Å². The summed E-state index contributed by atoms with van der Waals surface area (Å²) in [5.74, 6) is 1.31. The highest BCUT2D eigenvalue weighted by Gasteiger charge is 2.25. The van der Waals surface area contributed by atoms with Crippen molar-refractivity contribution in [3.63, 3.8) is 0 Å². The van der Waals surface area contributed by atoms with Crippen molar-refractivity contribution >= 4 is 11.7 Å². The second-order valence-corrected chi connectivity index (χ2v) is 5.82. The van der Waals surface area contributed by atoms with E-state index in [2.05, 4.69) is 15.0 Å². The molecule has 3 aromatic rings. The summed E-state index contributed by atoms with van der Waals surface area (Å²) in [6.07, 6.45) is 7.10. The second-order valence-electron chi connectivity index (χ2n) is 5.82. The molecule has 23 heavy (non-hydrogen) atoms. The first-order valence-corrected chi connectivity index (χ1v) is 7.56. The molecule has 0 N–H and O–H groups in total. The average molecular weight is 312 g/mol. The van der Waals surface area contributed by atoms with E-state index < -0.39 is 0 Å². The van der Waals surface area contributed by atoms with Gasteiger partial charge in [-0.15, -0.1) is 0 Å². The molecule has 0 bridgehead atoms. The van der Waals surface area contributed by atoms with Gasteiger partial charge in [-0.05, 0) is 26.8 Å². The first kappa shape index (κ1) is 15.2. The summed E-state index contributed by atoms with van der Waals surface area (Å²) >= 11 is 0. The molecule has 0 aliphatic heterocycles. The highest BCUT2D eigenvalue weighted by molar-refractivity contribution is 5.94. The number of amides is 1. The van der Waals surface area contributed by atoms with Crippen molar-refractivity contribution in [3.05, 3.63) is 48.1 Å². The lowest BCUT2D eigenvalue weighted by Crippen LogP contribution is -2.38. The van der Waals surface area contributed by atoms with Crippen LogP contribution in [0.4, 0.5) is 0 Å². The maximum Gasteiger partial charge on any atom is 0.273 e. The molecule has 0 atom stereocenters. The normalized spacial score (nSPS) is 11.3. The van der Waals surface area contributed by atoms with Gasteiger partial charge >= 0.3 is 0 Å². The highest BCUT2D eigenvalue weighted by atomic mass is 16.2. The van der Waals surface area contributed by atoms with Crippen LogP contribution in [0.3, 0.4) is 0 Å². The molecular weight excluding hydrogens is 292 g/mol. The third-order valence-corrected chi connectivity index (χ3v) is 3.90. The number of carbonyl (C=O) groups is 1. The van der Waals surface area contributed by atoms with Gasteiger partial charge in [-0.25, -0.2) is 15.0 Å². The molecule has 120 valence electrons. The predicted octanol–water partition coefficient (Wildman–Crippen LogP) is 1.82. The van der Waals surface area contributed by atoms with Gasteiger partial charge in [0.05, 0.1) is 12.2 Å². The van der Waals surface area contributed by atoms with E-state index in [1.807, 2.05) is 44.8 Å². The molecule has 0 unspecified atom stereocenters. The van der Waals surface area contributed by atoms with Gasteiger partial charge in [-0.2, -0.15) is 0 Å². The summed E-state index contributed by atoms with van der Waals surface area (Å²) in [7, 11) is 1.93. The summed E-state index contributed by atoms with van der Waals surface area (Å²) in [4.78, 5) is 27.8. The number of aryl methyl sites for hydroxylation is 2. The summed E-state index contributed by atoms with van der Waals surface area (Å²) in [5, 5.41) is 0. The van der Waals surface area contributed by atoms with Gasteiger partial charge in [0.25, 0.3) is 5.91 Å². The summed E-state index contributed by atoms with van der Waals surface area (Å²) in [5.41, 5.74) is 1.23. The van der Waals surface area contributed by atoms with Crippen molar-refractivity contribution in [3.8, 4) is 0 Å². The molecule has 0 saturated carbocycles. The van der Waals surface area contributed by atoms with E-state index in [1.54, 1.807) is 27.8 Å². The molecule has 7 nitrogen and oxygen atoms in total. The van der Waals surface area contributed by atoms with Gasteiger partial charge < -0.3 is 9.47 Å². The number of carbonyl (C=O) groups excluding carboxylic acids is 1. The van der Waals surface area contributed by atoms with Crippen molar-refractivity contribution in [2.45, 2.75) is 33.4 Å². The molecule has 3 rings (SSSR count). The molecule has 0 fully saturated rings. The van der Waals surface area contributed by atoms with Crippen molar-refractivity contribution in [1.82, 2.24) is 28.8 Å². The van der Waals surface area contributed by atoms with Crippen LogP contribution in [0.15, 0.2) is 30.9 Å². The Balaban J connectivity index is 2.01. The van der Waals surface area contributed by atoms with E-state index in [1.165, 1.54) is 0 Å². The van der Waals surface area contributed by atoms with Crippen LogP contribution in [0.25, 0.3) is 5.78 Å². The highest BCUT2D eigenvalue weighted by Crippen LogP contribution is 2.16. The number of fused-ring (bicyclic) bond motifs is 1. The number of hydrogen-bond donors (Lipinski definition) is 0. The lowest BCUT2D eigenvalue weighted by Gasteiger charge is -2.26. The molecule has 0 radical (unpaired) electrons. The van der Waals surface area contributed by atoms with Gasteiger partial charge in [0.15, 0.2) is 0 Å². The molecule has 0 aliphatic rings. The van der Waals surface area contributed by atoms with Crippen LogP contribution in [0.2, 0.25) is 0 Å². The smallest absolute Gasteiger partial charge is 0.273 e. The van der Waals surface area contributed by atoms with Crippen LogP contribution in [-0.4, -0.2) is 40.8 Å². The quantitative estimate of drug-likeness (QED) is 0.737. The first-order chi connectivity index (χ1) is 11.0. The van der Waals surface area contributed by atoms with E-state index in [0.717, 1.165) is 5.82 Å². The fourth-order valence-electron chi connectivity index (χ4n) is 2.58. The topological polar surface area (TPSA) is 68.3 Å². The zero-order valence-corrected chi connectivity index (χ0v) is 13.8. The van der Waals surface area contributed by atoms with Crippen molar-refractivity contribution in [2.75, 3.05) is 0 Å². The molecular formula is C16H20N6O. The van der Waals surface area contributed by atoms with Crippen molar-refractivity contribution in [1.29, 1.82) is 0 Å². The van der Waals surface area contributed by atoms with E-state index in [0.29, 0.717) is 23.7 Å². The Kier molecular flexibility index (Phi) is 3.85. The predicted molar refractivity (Wildman–Crippen MR) is 85.9 cm³/mol. The summed E-state index contributed by atoms with van der Waals surface area (Å²) in [6.45, 7) is 6.28. The number of hydrogen-bond acceptors (Lipinski definition) is 4. The number of imidazole rings is 2. The van der Waals surface area contributed by atoms with Gasteiger partial charge in [-0.3, -0.25) is 9.20 Å². The third-order valence-electron chi connectivity index (χ3n) is 3.90. The van der Waals surface area contributed by atoms with Crippen LogP contribution in [0.1, 0.15) is 35.9 Å². The molecule has 0 spiro atoms. The lowest BCUT2D eigenvalue weighted by atomic mass is 10.2. The maximum atomic E-state index is 13.1. The molecule has 3 aromatic heterocycles. The van der Waals surface area contributed by atoms with Crippen LogP contribution in [0, 0.1) is 6.92 Å². The number of aromatic nitrogens is 5. The zero-order valence-electron chi connectivity index (χ0n) is 13.8. The minimum absolute atomic E-state index is 0.0424. The molecule has 0 aliphatic carbocycles. The monoisotopic (exact) mass is 312 g/mol. The molecule has 0 saturated heterocycles. The first-order valence-electron chi connectivity index (χ1n) is 7.56. The Morgan fingerprint density at radius 1 is 1.26 bits per heavy atom. The van der Waals surface area contributed by atoms with Crippen LogP contribution in [0.5, 0.6) is 0 Å². The SMILES string of the molecule is Cc1nc2ncccn2c1C(=O)N(Cc1nccn1C)C(C)C. The van der Waals surface area contributed by atoms with Crippen molar-refractivity contribution < 1.29 is 4.79 Å². The zero-order chi connectivity index (χ0) is 16.6. The van der Waals surface area contributed by atoms with E-state index in [-0.39, 0.29) is 11.9 Å². The largest absolute Gasteiger partial charge is 0.337 e. The lowest BCUT2D eigenvalue weighted by molar-refractivity contribution is 0.0675. The third kappa shape index (κ3) is 2.69. The average Bonchev–Trinajstić information content (AvgIpc) is 3.06. The van der Waals surface area contributed by atoms with Crippen molar-refractivity contribution in [2.24, 2.45) is 7.05 Å². The Labute approximate surface area is 134 Å². The van der Waals surface area contributed by atoms with E-state index in [4.69, 9.17) is 0 Å². The fourth-order valence-corrected chi connectivity index (χ4v) is 2.58. The maximum absolute atomic E-state index is 13.1. The Bertz CT molecular complexity index is 847. The molecule has 7 heteroatoms. The van der Waals surface area contributed by atoms with Gasteiger partial charge in [0.1, 0.15) is 11.5 Å². The number of nitrogens with zero attached hydrogens (tertiary/aromatic N) is 6. The van der Waals surface area contributed by atoms with Crippen LogP contribution in [-0.2, 0) is 13.6 Å². The molecule has 1 amide bonds. The second kappa shape index (κ2) is 5.83. The Morgan fingerprint density at radius 3 is 2.70 bits per heavy atom.